The number of nitrogens with zero attached hydrogens (tertiary/aromatic N) is 2. The Labute approximate surface area is 129 Å². The zero-order valence-corrected chi connectivity index (χ0v) is 12.4. The summed E-state index contributed by atoms with van der Waals surface area (Å²) >= 11 is 5.99. The van der Waals surface area contributed by atoms with E-state index in [2.05, 4.69) is 5.10 Å². The number of ether oxygens (including phenoxy) is 1. The quantitative estimate of drug-likeness (QED) is 0.862. The van der Waals surface area contributed by atoms with Crippen molar-refractivity contribution in [2.24, 2.45) is 0 Å². The van der Waals surface area contributed by atoms with Crippen LogP contribution in [0.3, 0.4) is 0 Å². The Morgan fingerprint density at radius 2 is 2.00 bits per heavy atom. The van der Waals surface area contributed by atoms with Crippen LogP contribution < -0.4 is 10.3 Å². The topological polar surface area (TPSA) is 98.5 Å². The van der Waals surface area contributed by atoms with Gasteiger partial charge in [-0.15, -0.1) is 0 Å². The van der Waals surface area contributed by atoms with Crippen LogP contribution in [-0.2, 0) is 0 Å². The molecule has 22 heavy (non-hydrogen) atoms. The predicted molar refractivity (Wildman–Crippen MR) is 78.4 cm³/mol. The smallest absolute Gasteiger partial charge is 0.341 e. The van der Waals surface area contributed by atoms with Crippen LogP contribution in [0.2, 0.25) is 5.02 Å². The maximum Gasteiger partial charge on any atom is 0.341 e. The van der Waals surface area contributed by atoms with E-state index in [1.807, 2.05) is 0 Å². The van der Waals surface area contributed by atoms with Crippen molar-refractivity contribution in [2.75, 3.05) is 7.11 Å². The number of methoxy groups -OCH3 is 1. The second-order valence-corrected chi connectivity index (χ2v) is 4.75. The van der Waals surface area contributed by atoms with Gasteiger partial charge >= 0.3 is 5.97 Å². The first-order chi connectivity index (χ1) is 10.3. The molecule has 1 aromatic heterocycles. The Kier molecular flexibility index (Phi) is 4.27. The van der Waals surface area contributed by atoms with E-state index in [4.69, 9.17) is 21.4 Å². The van der Waals surface area contributed by atoms with Gasteiger partial charge in [-0.1, -0.05) is 11.6 Å². The van der Waals surface area contributed by atoms with E-state index in [1.54, 1.807) is 0 Å². The van der Waals surface area contributed by atoms with Crippen molar-refractivity contribution in [1.29, 1.82) is 0 Å². The van der Waals surface area contributed by atoms with E-state index in [-0.39, 0.29) is 16.4 Å². The lowest BCUT2D eigenvalue weighted by Gasteiger charge is -2.09. The second kappa shape index (κ2) is 5.98. The normalized spacial score (nSPS) is 10.3. The Balaban J connectivity index is 2.74. The van der Waals surface area contributed by atoms with Crippen LogP contribution in [0.5, 0.6) is 5.75 Å². The molecule has 1 N–H and O–H groups in total. The van der Waals surface area contributed by atoms with Gasteiger partial charge in [-0.25, -0.2) is 4.79 Å². The molecule has 0 unspecified atom stereocenters. The highest BCUT2D eigenvalue weighted by Crippen LogP contribution is 2.25. The van der Waals surface area contributed by atoms with Gasteiger partial charge in [0, 0.05) is 6.92 Å². The van der Waals surface area contributed by atoms with Crippen molar-refractivity contribution in [1.82, 2.24) is 9.78 Å². The zero-order valence-electron chi connectivity index (χ0n) is 11.7. The highest BCUT2D eigenvalue weighted by Gasteiger charge is 2.18. The number of halogens is 1. The molecule has 8 heteroatoms. The Morgan fingerprint density at radius 1 is 1.32 bits per heavy atom. The van der Waals surface area contributed by atoms with Gasteiger partial charge in [0.1, 0.15) is 17.0 Å². The number of carboxylic acids is 1. The van der Waals surface area contributed by atoms with E-state index < -0.39 is 22.9 Å². The molecule has 7 nitrogen and oxygen atoms in total. The molecule has 0 saturated carbocycles. The highest BCUT2D eigenvalue weighted by molar-refractivity contribution is 6.32. The summed E-state index contributed by atoms with van der Waals surface area (Å²) in [7, 11) is 1.43. The molecule has 0 radical (unpaired) electrons. The van der Waals surface area contributed by atoms with Crippen molar-refractivity contribution < 1.29 is 19.4 Å². The van der Waals surface area contributed by atoms with Crippen LogP contribution in [0.25, 0.3) is 5.69 Å². The van der Waals surface area contributed by atoms with Gasteiger partial charge in [0.25, 0.3) is 5.56 Å². The number of carbonyl (C=O) groups is 2. The summed E-state index contributed by atoms with van der Waals surface area (Å²) < 4.78 is 5.83. The number of aromatic carboxylic acids is 1. The number of aromatic nitrogens is 2. The lowest BCUT2D eigenvalue weighted by atomic mass is 10.2. The van der Waals surface area contributed by atoms with Crippen molar-refractivity contribution >= 4 is 23.4 Å². The fraction of sp³-hybridized carbons (Fsp3) is 0.143. The first-order valence-corrected chi connectivity index (χ1v) is 6.45. The number of hydrogen-bond acceptors (Lipinski definition) is 5. The summed E-state index contributed by atoms with van der Waals surface area (Å²) in [6.07, 6.45) is 0. The van der Waals surface area contributed by atoms with Crippen molar-refractivity contribution in [3.05, 3.63) is 50.9 Å². The van der Waals surface area contributed by atoms with Crippen molar-refractivity contribution in [3.63, 3.8) is 0 Å². The lowest BCUT2D eigenvalue weighted by molar-refractivity contribution is 0.0694. The number of Topliss-reactive ketones (excluding diaryl/α,β-unsaturated/α-hetero) is 1. The van der Waals surface area contributed by atoms with Gasteiger partial charge in [-0.05, 0) is 24.3 Å². The summed E-state index contributed by atoms with van der Waals surface area (Å²) in [5, 5.41) is 13.2. The van der Waals surface area contributed by atoms with E-state index >= 15 is 0 Å². The molecule has 0 amide bonds. The molecule has 0 spiro atoms. The third-order valence-corrected chi connectivity index (χ3v) is 3.18. The molecular weight excluding hydrogens is 312 g/mol. The van der Waals surface area contributed by atoms with Crippen LogP contribution in [0.15, 0.2) is 29.1 Å². The minimum Gasteiger partial charge on any atom is -0.495 e. The molecule has 0 aliphatic carbocycles. The Bertz CT molecular complexity index is 828. The fourth-order valence-electron chi connectivity index (χ4n) is 1.78. The van der Waals surface area contributed by atoms with Gasteiger partial charge in [-0.2, -0.15) is 9.78 Å². The highest BCUT2D eigenvalue weighted by atomic mass is 35.5. The fourth-order valence-corrected chi connectivity index (χ4v) is 2.03. The SMILES string of the molecule is COc1ccc(-n2nc(C(C)=O)cc(C(=O)O)c2=O)cc1Cl. The summed E-state index contributed by atoms with van der Waals surface area (Å²) in [6.45, 7) is 1.23. The average Bonchev–Trinajstić information content (AvgIpc) is 2.46. The Morgan fingerprint density at radius 3 is 2.50 bits per heavy atom. The zero-order chi connectivity index (χ0) is 16.4. The predicted octanol–water partition coefficient (Wildman–Crippen LogP) is 1.80. The van der Waals surface area contributed by atoms with E-state index in [9.17, 15) is 14.4 Å². The number of ketones is 1. The number of carboxylic acid groups (broad SMARTS) is 1. The Hall–Kier alpha value is -2.67. The first-order valence-electron chi connectivity index (χ1n) is 6.07. The van der Waals surface area contributed by atoms with Gasteiger partial charge in [0.2, 0.25) is 0 Å². The second-order valence-electron chi connectivity index (χ2n) is 4.34. The largest absolute Gasteiger partial charge is 0.495 e. The third-order valence-electron chi connectivity index (χ3n) is 2.88. The molecule has 0 bridgehead atoms. The minimum atomic E-state index is -1.44. The maximum absolute atomic E-state index is 12.2. The molecule has 0 aliphatic heterocycles. The van der Waals surface area contributed by atoms with Crippen LogP contribution >= 0.6 is 11.6 Å². The summed E-state index contributed by atoms with van der Waals surface area (Å²) in [5.41, 5.74) is -1.32. The number of rotatable bonds is 4. The third kappa shape index (κ3) is 2.84. The molecule has 1 heterocycles. The minimum absolute atomic E-state index is 0.135. The van der Waals surface area contributed by atoms with Crippen LogP contribution in [0, 0.1) is 0 Å². The van der Waals surface area contributed by atoms with Gasteiger partial charge in [0.15, 0.2) is 5.78 Å². The van der Waals surface area contributed by atoms with E-state index in [0.717, 1.165) is 10.7 Å². The maximum atomic E-state index is 12.2. The molecule has 0 aliphatic rings. The van der Waals surface area contributed by atoms with Crippen LogP contribution in [-0.4, -0.2) is 33.7 Å². The van der Waals surface area contributed by atoms with Crippen molar-refractivity contribution in [2.45, 2.75) is 6.92 Å². The lowest BCUT2D eigenvalue weighted by Crippen LogP contribution is -2.29. The molecule has 2 aromatic rings. The van der Waals surface area contributed by atoms with Gasteiger partial charge < -0.3 is 9.84 Å². The molecule has 2 rings (SSSR count). The van der Waals surface area contributed by atoms with Gasteiger partial charge in [-0.3, -0.25) is 9.59 Å². The van der Waals surface area contributed by atoms with Gasteiger partial charge in [0.05, 0.1) is 17.8 Å². The number of hydrogen-bond donors (Lipinski definition) is 1. The van der Waals surface area contributed by atoms with E-state index in [0.29, 0.717) is 5.75 Å². The van der Waals surface area contributed by atoms with Crippen LogP contribution in [0.1, 0.15) is 27.8 Å². The molecule has 0 fully saturated rings. The average molecular weight is 323 g/mol. The van der Waals surface area contributed by atoms with E-state index in [1.165, 1.54) is 32.2 Å². The molecule has 114 valence electrons. The number of benzene rings is 1. The molecule has 0 atom stereocenters. The van der Waals surface area contributed by atoms with Crippen LogP contribution in [0.4, 0.5) is 0 Å². The summed E-state index contributed by atoms with van der Waals surface area (Å²) in [6, 6.07) is 5.33. The molecule has 0 saturated heterocycles. The first kappa shape index (κ1) is 15.7. The number of carbonyl (C=O) groups excluding carboxylic acids is 1. The monoisotopic (exact) mass is 322 g/mol. The standard InChI is InChI=1S/C14H11ClN2O5/c1-7(18)11-6-9(14(20)21)13(19)17(16-11)8-3-4-12(22-2)10(15)5-8/h3-6H,1-2H3,(H,20,21). The molecular formula is C14H11ClN2O5. The summed E-state index contributed by atoms with van der Waals surface area (Å²) in [4.78, 5) is 34.8. The van der Waals surface area contributed by atoms with Crippen molar-refractivity contribution in [3.8, 4) is 11.4 Å². The summed E-state index contributed by atoms with van der Waals surface area (Å²) in [5.74, 6) is -1.52. The molecule has 1 aromatic carbocycles.